The van der Waals surface area contributed by atoms with E-state index in [1.165, 1.54) is 6.08 Å². The molecule has 0 spiro atoms. The minimum Gasteiger partial charge on any atom is -0.489 e. The number of benzene rings is 2. The molecule has 0 heterocycles. The van der Waals surface area contributed by atoms with Crippen LogP contribution >= 0.6 is 0 Å². The molecule has 0 fully saturated rings. The quantitative estimate of drug-likeness (QED) is 0.260. The first-order valence-corrected chi connectivity index (χ1v) is 14.5. The molecule has 2 rings (SSSR count). The number of rotatable bonds is 9. The third-order valence-electron chi connectivity index (χ3n) is 4.38. The van der Waals surface area contributed by atoms with Crippen LogP contribution in [-0.2, 0) is 20.9 Å². The average Bonchev–Trinajstić information content (AvgIpc) is 2.69. The van der Waals surface area contributed by atoms with Gasteiger partial charge in [-0.2, -0.15) is 0 Å². The maximum atomic E-state index is 12.8. The molecule has 0 aliphatic carbocycles. The van der Waals surface area contributed by atoms with E-state index < -0.39 is 25.6 Å². The van der Waals surface area contributed by atoms with Crippen LogP contribution in [0.15, 0.2) is 54.6 Å². The largest absolute Gasteiger partial charge is 0.489 e. The fourth-order valence-corrected chi connectivity index (χ4v) is 3.42. The van der Waals surface area contributed by atoms with E-state index in [4.69, 9.17) is 14.2 Å². The van der Waals surface area contributed by atoms with Crippen molar-refractivity contribution in [2.75, 3.05) is 6.61 Å². The Hall–Kier alpha value is -2.86. The number of carbonyl (C=O) groups excluding carboxylic acids is 2. The fourth-order valence-electron chi connectivity index (χ4n) is 2.71. The van der Waals surface area contributed by atoms with Gasteiger partial charge in [0.15, 0.2) is 0 Å². The molecule has 32 heavy (non-hydrogen) atoms. The smallest absolute Gasteiger partial charge is 0.338 e. The van der Waals surface area contributed by atoms with Gasteiger partial charge >= 0.3 is 11.9 Å². The number of esters is 2. The lowest BCUT2D eigenvalue weighted by atomic mass is 10.1. The predicted octanol–water partition coefficient (Wildman–Crippen LogP) is 6.12. The standard InChI is InChI=1S/C26H34O5Si/c1-26(2,3)31-24(27)15-13-21-12-14-22(30-19-20-10-8-7-9-11-20)18-23(21)25(28)29-16-17-32(4,5)6/h7-15,18H,16-17,19H2,1-6H3/b15-13+. The van der Waals surface area contributed by atoms with Crippen LogP contribution in [0.3, 0.4) is 0 Å². The minimum atomic E-state index is -1.33. The second-order valence-electron chi connectivity index (χ2n) is 9.84. The Kier molecular flexibility index (Phi) is 8.84. The average molecular weight is 455 g/mol. The third kappa shape index (κ3) is 9.52. The van der Waals surface area contributed by atoms with Gasteiger partial charge in [-0.1, -0.05) is 56.0 Å². The summed E-state index contributed by atoms with van der Waals surface area (Å²) < 4.78 is 16.7. The fraction of sp³-hybridized carbons (Fsp3) is 0.385. The molecule has 6 heteroatoms. The molecule has 172 valence electrons. The van der Waals surface area contributed by atoms with E-state index in [0.29, 0.717) is 30.1 Å². The maximum Gasteiger partial charge on any atom is 0.338 e. The topological polar surface area (TPSA) is 61.8 Å². The summed E-state index contributed by atoms with van der Waals surface area (Å²) in [5.41, 5.74) is 1.36. The van der Waals surface area contributed by atoms with Crippen LogP contribution < -0.4 is 4.74 Å². The predicted molar refractivity (Wildman–Crippen MR) is 131 cm³/mol. The van der Waals surface area contributed by atoms with Crippen molar-refractivity contribution in [3.05, 3.63) is 71.3 Å². The monoisotopic (exact) mass is 454 g/mol. The van der Waals surface area contributed by atoms with Gasteiger partial charge in [0, 0.05) is 14.1 Å². The van der Waals surface area contributed by atoms with Gasteiger partial charge in [0.2, 0.25) is 0 Å². The highest BCUT2D eigenvalue weighted by Crippen LogP contribution is 2.22. The first-order chi connectivity index (χ1) is 14.9. The lowest BCUT2D eigenvalue weighted by Gasteiger charge is -2.18. The molecule has 2 aromatic carbocycles. The highest BCUT2D eigenvalue weighted by atomic mass is 28.3. The van der Waals surface area contributed by atoms with Gasteiger partial charge in [-0.25, -0.2) is 9.59 Å². The van der Waals surface area contributed by atoms with Gasteiger partial charge in [0.05, 0.1) is 12.2 Å². The Morgan fingerprint density at radius 1 is 1.00 bits per heavy atom. The number of ether oxygens (including phenoxy) is 3. The van der Waals surface area contributed by atoms with Crippen molar-refractivity contribution in [1.29, 1.82) is 0 Å². The number of carbonyl (C=O) groups is 2. The second-order valence-corrected chi connectivity index (χ2v) is 15.5. The van der Waals surface area contributed by atoms with E-state index in [1.807, 2.05) is 30.3 Å². The summed E-state index contributed by atoms with van der Waals surface area (Å²) in [6.07, 6.45) is 2.90. The van der Waals surface area contributed by atoms with Crippen LogP contribution in [0.4, 0.5) is 0 Å². The van der Waals surface area contributed by atoms with Crippen molar-refractivity contribution in [2.24, 2.45) is 0 Å². The molecule has 0 aliphatic rings. The van der Waals surface area contributed by atoms with Crippen LogP contribution in [-0.4, -0.2) is 32.2 Å². The Morgan fingerprint density at radius 2 is 1.69 bits per heavy atom. The summed E-state index contributed by atoms with van der Waals surface area (Å²) in [4.78, 5) is 24.9. The van der Waals surface area contributed by atoms with Gasteiger partial charge in [-0.05, 0) is 56.2 Å². The van der Waals surface area contributed by atoms with E-state index in [0.717, 1.165) is 11.6 Å². The molecule has 0 saturated carbocycles. The number of hydrogen-bond acceptors (Lipinski definition) is 5. The first kappa shape index (κ1) is 25.4. The van der Waals surface area contributed by atoms with E-state index >= 15 is 0 Å². The molecule has 0 atom stereocenters. The summed E-state index contributed by atoms with van der Waals surface area (Å²) in [7, 11) is -1.33. The van der Waals surface area contributed by atoms with Crippen LogP contribution in [0, 0.1) is 0 Å². The Bertz CT molecular complexity index is 937. The van der Waals surface area contributed by atoms with Crippen molar-refractivity contribution in [3.63, 3.8) is 0 Å². The Morgan fingerprint density at radius 3 is 2.31 bits per heavy atom. The van der Waals surface area contributed by atoms with Crippen molar-refractivity contribution in [2.45, 2.75) is 58.7 Å². The van der Waals surface area contributed by atoms with Gasteiger partial charge < -0.3 is 14.2 Å². The van der Waals surface area contributed by atoms with Gasteiger partial charge in [-0.3, -0.25) is 0 Å². The molecular weight excluding hydrogens is 420 g/mol. The summed E-state index contributed by atoms with van der Waals surface area (Å²) in [5, 5.41) is 0. The first-order valence-electron chi connectivity index (χ1n) is 10.8. The molecule has 2 aromatic rings. The van der Waals surface area contributed by atoms with E-state index in [9.17, 15) is 9.59 Å². The molecule has 0 bridgehead atoms. The van der Waals surface area contributed by atoms with Crippen LogP contribution in [0.1, 0.15) is 42.3 Å². The molecule has 0 radical (unpaired) electrons. The lowest BCUT2D eigenvalue weighted by molar-refractivity contribution is -0.148. The minimum absolute atomic E-state index is 0.353. The number of hydrogen-bond donors (Lipinski definition) is 0. The van der Waals surface area contributed by atoms with Crippen molar-refractivity contribution < 1.29 is 23.8 Å². The third-order valence-corrected chi connectivity index (χ3v) is 6.09. The zero-order chi connectivity index (χ0) is 23.8. The SMILES string of the molecule is CC(C)(C)OC(=O)/C=C/c1ccc(OCc2ccccc2)cc1C(=O)OCC[Si](C)(C)C. The molecule has 5 nitrogen and oxygen atoms in total. The van der Waals surface area contributed by atoms with E-state index in [1.54, 1.807) is 45.0 Å². The molecule has 0 amide bonds. The van der Waals surface area contributed by atoms with Crippen molar-refractivity contribution >= 4 is 26.1 Å². The molecule has 0 unspecified atom stereocenters. The zero-order valence-corrected chi connectivity index (χ0v) is 20.9. The second kappa shape index (κ2) is 11.1. The maximum absolute atomic E-state index is 12.8. The molecule has 0 aromatic heterocycles. The van der Waals surface area contributed by atoms with Gasteiger partial charge in [0.1, 0.15) is 18.0 Å². The van der Waals surface area contributed by atoms with Crippen LogP contribution in [0.2, 0.25) is 25.7 Å². The Labute approximate surface area is 192 Å². The molecular formula is C26H34O5Si. The zero-order valence-electron chi connectivity index (χ0n) is 19.9. The van der Waals surface area contributed by atoms with Crippen molar-refractivity contribution in [1.82, 2.24) is 0 Å². The van der Waals surface area contributed by atoms with Gasteiger partial charge in [-0.15, -0.1) is 0 Å². The van der Waals surface area contributed by atoms with Gasteiger partial charge in [0.25, 0.3) is 0 Å². The van der Waals surface area contributed by atoms with Crippen LogP contribution in [0.25, 0.3) is 6.08 Å². The summed E-state index contributed by atoms with van der Waals surface area (Å²) >= 11 is 0. The highest BCUT2D eigenvalue weighted by Gasteiger charge is 2.18. The normalized spacial score (nSPS) is 11.9. The van der Waals surface area contributed by atoms with Crippen molar-refractivity contribution in [3.8, 4) is 5.75 Å². The molecule has 0 aliphatic heterocycles. The summed E-state index contributed by atoms with van der Waals surface area (Å²) in [5.74, 6) is -0.349. The summed E-state index contributed by atoms with van der Waals surface area (Å²) in [6.45, 7) is 12.9. The van der Waals surface area contributed by atoms with Crippen LogP contribution in [0.5, 0.6) is 5.75 Å². The highest BCUT2D eigenvalue weighted by molar-refractivity contribution is 6.76. The molecule has 0 N–H and O–H groups in total. The Balaban J connectivity index is 2.20. The van der Waals surface area contributed by atoms with E-state index in [-0.39, 0.29) is 0 Å². The van der Waals surface area contributed by atoms with E-state index in [2.05, 4.69) is 19.6 Å². The lowest BCUT2D eigenvalue weighted by Crippen LogP contribution is -2.23. The molecule has 0 saturated heterocycles. The summed E-state index contributed by atoms with van der Waals surface area (Å²) in [6, 6.07) is 15.9.